The van der Waals surface area contributed by atoms with Crippen LogP contribution in [0, 0.1) is 0 Å². The summed E-state index contributed by atoms with van der Waals surface area (Å²) in [7, 11) is 2.73. The molecule has 0 saturated carbocycles. The Labute approximate surface area is 104 Å². The van der Waals surface area contributed by atoms with Gasteiger partial charge in [-0.15, -0.1) is 0 Å². The van der Waals surface area contributed by atoms with Gasteiger partial charge in [-0.1, -0.05) is 0 Å². The minimum Gasteiger partial charge on any atom is -0.493 e. The lowest BCUT2D eigenvalue weighted by Crippen LogP contribution is -2.10. The standard InChI is InChI=1S/C12H14O6/c1-7(14)18-12-10(16-2)5-4-8(9(15)6-13)11(12)17-3/h4-5,13H,6H2,1-3H3. The smallest absolute Gasteiger partial charge is 0.308 e. The van der Waals surface area contributed by atoms with Crippen molar-refractivity contribution in [2.75, 3.05) is 20.8 Å². The van der Waals surface area contributed by atoms with Crippen LogP contribution in [0.1, 0.15) is 17.3 Å². The zero-order valence-corrected chi connectivity index (χ0v) is 10.4. The molecule has 1 aromatic rings. The molecule has 0 amide bonds. The minimum absolute atomic E-state index is 0.0202. The van der Waals surface area contributed by atoms with Crippen molar-refractivity contribution in [3.63, 3.8) is 0 Å². The van der Waals surface area contributed by atoms with Crippen LogP contribution < -0.4 is 14.2 Å². The van der Waals surface area contributed by atoms with Crippen molar-refractivity contribution in [1.29, 1.82) is 0 Å². The number of benzene rings is 1. The van der Waals surface area contributed by atoms with Crippen LogP contribution in [0.2, 0.25) is 0 Å². The van der Waals surface area contributed by atoms with Crippen LogP contribution in [0.5, 0.6) is 17.2 Å². The molecule has 0 atom stereocenters. The molecule has 0 bridgehead atoms. The predicted octanol–water partition coefficient (Wildman–Crippen LogP) is 0.804. The molecular formula is C12H14O6. The number of carbonyl (C=O) groups excluding carboxylic acids is 2. The molecule has 6 heteroatoms. The first kappa shape index (κ1) is 14.0. The number of hydrogen-bond donors (Lipinski definition) is 1. The maximum absolute atomic E-state index is 11.5. The highest BCUT2D eigenvalue weighted by Crippen LogP contribution is 2.40. The van der Waals surface area contributed by atoms with E-state index in [1.807, 2.05) is 0 Å². The molecule has 1 aromatic carbocycles. The van der Waals surface area contributed by atoms with Crippen molar-refractivity contribution in [2.45, 2.75) is 6.92 Å². The molecule has 98 valence electrons. The Bertz CT molecular complexity index is 466. The molecule has 0 aliphatic heterocycles. The normalized spacial score (nSPS) is 9.78. The molecule has 0 fully saturated rings. The topological polar surface area (TPSA) is 82.1 Å². The van der Waals surface area contributed by atoms with E-state index in [4.69, 9.17) is 19.3 Å². The van der Waals surface area contributed by atoms with Crippen LogP contribution in [0.15, 0.2) is 12.1 Å². The van der Waals surface area contributed by atoms with E-state index >= 15 is 0 Å². The van der Waals surface area contributed by atoms with Gasteiger partial charge in [0.05, 0.1) is 19.8 Å². The molecule has 1 rings (SSSR count). The fourth-order valence-electron chi connectivity index (χ4n) is 1.45. The molecule has 0 aliphatic carbocycles. The summed E-state index contributed by atoms with van der Waals surface area (Å²) in [4.78, 5) is 22.6. The number of esters is 1. The average molecular weight is 254 g/mol. The van der Waals surface area contributed by atoms with Gasteiger partial charge in [0.1, 0.15) is 6.61 Å². The number of carbonyl (C=O) groups is 2. The monoisotopic (exact) mass is 254 g/mol. The summed E-state index contributed by atoms with van der Waals surface area (Å²) in [5.41, 5.74) is 0.122. The molecule has 0 saturated heterocycles. The maximum Gasteiger partial charge on any atom is 0.308 e. The Morgan fingerprint density at radius 3 is 2.28 bits per heavy atom. The lowest BCUT2D eigenvalue weighted by Gasteiger charge is -2.14. The highest BCUT2D eigenvalue weighted by molar-refractivity contribution is 6.00. The average Bonchev–Trinajstić information content (AvgIpc) is 2.36. The number of hydrogen-bond acceptors (Lipinski definition) is 6. The second-order valence-corrected chi connectivity index (χ2v) is 3.35. The van der Waals surface area contributed by atoms with Crippen molar-refractivity contribution in [3.8, 4) is 17.2 Å². The highest BCUT2D eigenvalue weighted by atomic mass is 16.6. The molecule has 6 nitrogen and oxygen atoms in total. The summed E-state index contributed by atoms with van der Waals surface area (Å²) < 4.78 is 15.1. The molecule has 18 heavy (non-hydrogen) atoms. The number of aliphatic hydroxyl groups is 1. The number of aliphatic hydroxyl groups excluding tert-OH is 1. The van der Waals surface area contributed by atoms with E-state index in [9.17, 15) is 9.59 Å². The first-order valence-electron chi connectivity index (χ1n) is 5.12. The Morgan fingerprint density at radius 1 is 1.17 bits per heavy atom. The molecule has 1 N–H and O–H groups in total. The lowest BCUT2D eigenvalue weighted by molar-refractivity contribution is -0.132. The van der Waals surface area contributed by atoms with Crippen molar-refractivity contribution in [2.24, 2.45) is 0 Å². The largest absolute Gasteiger partial charge is 0.493 e. The van der Waals surface area contributed by atoms with Gasteiger partial charge >= 0.3 is 5.97 Å². The molecule has 0 unspecified atom stereocenters. The van der Waals surface area contributed by atoms with Crippen LogP contribution in [0.3, 0.4) is 0 Å². The van der Waals surface area contributed by atoms with Crippen LogP contribution in [-0.4, -0.2) is 37.7 Å². The SMILES string of the molecule is COc1ccc(C(=O)CO)c(OC)c1OC(C)=O. The third kappa shape index (κ3) is 2.78. The van der Waals surface area contributed by atoms with Crippen molar-refractivity contribution in [3.05, 3.63) is 17.7 Å². The summed E-state index contributed by atoms with van der Waals surface area (Å²) >= 11 is 0. The molecule has 0 spiro atoms. The summed E-state index contributed by atoms with van der Waals surface area (Å²) in [6, 6.07) is 2.90. The lowest BCUT2D eigenvalue weighted by atomic mass is 10.1. The van der Waals surface area contributed by atoms with E-state index in [0.29, 0.717) is 0 Å². The highest BCUT2D eigenvalue weighted by Gasteiger charge is 2.21. The van der Waals surface area contributed by atoms with E-state index in [1.54, 1.807) is 0 Å². The van der Waals surface area contributed by atoms with Crippen LogP contribution >= 0.6 is 0 Å². The van der Waals surface area contributed by atoms with Gasteiger partial charge < -0.3 is 19.3 Å². The molecule has 0 radical (unpaired) electrons. The van der Waals surface area contributed by atoms with Gasteiger partial charge in [-0.3, -0.25) is 9.59 Å². The van der Waals surface area contributed by atoms with Crippen molar-refractivity contribution in [1.82, 2.24) is 0 Å². The molecule has 0 aliphatic rings. The van der Waals surface area contributed by atoms with Gasteiger partial charge in [-0.05, 0) is 12.1 Å². The van der Waals surface area contributed by atoms with Gasteiger partial charge in [0.2, 0.25) is 5.75 Å². The number of ketones is 1. The summed E-state index contributed by atoms with van der Waals surface area (Å²) in [6.07, 6.45) is 0. The molecule has 0 heterocycles. The van der Waals surface area contributed by atoms with Crippen LogP contribution in [0.25, 0.3) is 0 Å². The van der Waals surface area contributed by atoms with E-state index in [-0.39, 0.29) is 22.8 Å². The second kappa shape index (κ2) is 6.02. The molecular weight excluding hydrogens is 240 g/mol. The zero-order valence-electron chi connectivity index (χ0n) is 10.4. The third-order valence-electron chi connectivity index (χ3n) is 2.19. The summed E-state index contributed by atoms with van der Waals surface area (Å²) in [5.74, 6) is -0.768. The Morgan fingerprint density at radius 2 is 1.83 bits per heavy atom. The van der Waals surface area contributed by atoms with Gasteiger partial charge in [-0.2, -0.15) is 0 Å². The van der Waals surface area contributed by atoms with Crippen LogP contribution in [-0.2, 0) is 4.79 Å². The van der Waals surface area contributed by atoms with Crippen molar-refractivity contribution >= 4 is 11.8 Å². The number of Topliss-reactive ketones (excluding diaryl/α,β-unsaturated/α-hetero) is 1. The zero-order chi connectivity index (χ0) is 13.7. The first-order chi connectivity index (χ1) is 8.54. The first-order valence-corrected chi connectivity index (χ1v) is 5.12. The Hall–Kier alpha value is -2.08. The fourth-order valence-corrected chi connectivity index (χ4v) is 1.45. The molecule has 0 aromatic heterocycles. The number of methoxy groups -OCH3 is 2. The van der Waals surface area contributed by atoms with E-state index in [0.717, 1.165) is 0 Å². The van der Waals surface area contributed by atoms with Gasteiger partial charge in [0.25, 0.3) is 0 Å². The van der Waals surface area contributed by atoms with E-state index in [2.05, 4.69) is 0 Å². The summed E-state index contributed by atoms with van der Waals surface area (Å²) in [5, 5.41) is 8.86. The quantitative estimate of drug-likeness (QED) is 0.475. The fraction of sp³-hybridized carbons (Fsp3) is 0.333. The van der Waals surface area contributed by atoms with E-state index < -0.39 is 18.4 Å². The number of ether oxygens (including phenoxy) is 3. The van der Waals surface area contributed by atoms with Gasteiger partial charge in [-0.25, -0.2) is 0 Å². The number of rotatable bonds is 5. The maximum atomic E-state index is 11.5. The minimum atomic E-state index is -0.664. The van der Waals surface area contributed by atoms with E-state index in [1.165, 1.54) is 33.3 Å². The third-order valence-corrected chi connectivity index (χ3v) is 2.19. The Balaban J connectivity index is 3.41. The van der Waals surface area contributed by atoms with Crippen LogP contribution in [0.4, 0.5) is 0 Å². The summed E-state index contributed by atoms with van der Waals surface area (Å²) in [6.45, 7) is 0.557. The van der Waals surface area contributed by atoms with Gasteiger partial charge in [0.15, 0.2) is 17.3 Å². The van der Waals surface area contributed by atoms with Crippen molar-refractivity contribution < 1.29 is 28.9 Å². The van der Waals surface area contributed by atoms with Gasteiger partial charge in [0, 0.05) is 6.92 Å². The second-order valence-electron chi connectivity index (χ2n) is 3.35. The predicted molar refractivity (Wildman–Crippen MR) is 62.3 cm³/mol. The Kier molecular flexibility index (Phi) is 4.67.